The van der Waals surface area contributed by atoms with Gasteiger partial charge in [0.15, 0.2) is 0 Å². The van der Waals surface area contributed by atoms with Gasteiger partial charge in [-0.05, 0) is 18.4 Å². The number of carboxylic acid groups (broad SMARTS) is 1. The molecule has 4 nitrogen and oxygen atoms in total. The van der Waals surface area contributed by atoms with E-state index < -0.39 is 5.97 Å². The van der Waals surface area contributed by atoms with Crippen LogP contribution in [0.5, 0.6) is 0 Å². The molecular weight excluding hydrogens is 204 g/mol. The maximum atomic E-state index is 10.9. The van der Waals surface area contributed by atoms with E-state index in [1.807, 2.05) is 0 Å². The van der Waals surface area contributed by atoms with Crippen molar-refractivity contribution >= 4 is 5.97 Å². The summed E-state index contributed by atoms with van der Waals surface area (Å²) in [7, 11) is 1.69. The molecule has 0 saturated heterocycles. The lowest BCUT2D eigenvalue weighted by molar-refractivity contribution is 0.0685. The molecule has 1 aromatic rings. The summed E-state index contributed by atoms with van der Waals surface area (Å²) in [6, 6.07) is 1.71. The molecule has 0 atom stereocenters. The van der Waals surface area contributed by atoms with Crippen LogP contribution < -0.4 is 0 Å². The Bertz CT molecular complexity index is 378. The van der Waals surface area contributed by atoms with Crippen LogP contribution in [0.2, 0.25) is 0 Å². The summed E-state index contributed by atoms with van der Waals surface area (Å²) in [5, 5.41) is 13.2. The van der Waals surface area contributed by atoms with Crippen LogP contribution in [0.1, 0.15) is 48.3 Å². The van der Waals surface area contributed by atoms with Gasteiger partial charge in [0.25, 0.3) is 0 Å². The molecule has 0 amide bonds. The molecule has 16 heavy (non-hydrogen) atoms. The van der Waals surface area contributed by atoms with Crippen molar-refractivity contribution in [3.05, 3.63) is 17.5 Å². The molecule has 2 rings (SSSR count). The highest BCUT2D eigenvalue weighted by Crippen LogP contribution is 2.26. The van der Waals surface area contributed by atoms with Crippen LogP contribution >= 0.6 is 0 Å². The zero-order valence-electron chi connectivity index (χ0n) is 9.65. The summed E-state index contributed by atoms with van der Waals surface area (Å²) in [6.45, 7) is 0. The third-order valence-electron chi connectivity index (χ3n) is 3.37. The Hall–Kier alpha value is -1.32. The zero-order valence-corrected chi connectivity index (χ0v) is 9.65. The van der Waals surface area contributed by atoms with E-state index in [9.17, 15) is 4.79 Å². The second kappa shape index (κ2) is 4.68. The number of carbonyl (C=O) groups is 1. The fourth-order valence-electron chi connectivity index (χ4n) is 2.51. The lowest BCUT2D eigenvalue weighted by Gasteiger charge is -2.20. The number of nitrogens with zero attached hydrogens (tertiary/aromatic N) is 2. The minimum absolute atomic E-state index is 0.283. The standard InChI is InChI=1S/C12H18N2O2/c1-14-11(12(15)16)8-10(13-14)7-9-5-3-2-4-6-9/h8-9H,2-7H2,1H3,(H,15,16). The molecule has 1 aromatic heterocycles. The lowest BCUT2D eigenvalue weighted by Crippen LogP contribution is -2.09. The van der Waals surface area contributed by atoms with Gasteiger partial charge in [-0.15, -0.1) is 0 Å². The summed E-state index contributed by atoms with van der Waals surface area (Å²) in [6.07, 6.45) is 7.42. The van der Waals surface area contributed by atoms with Gasteiger partial charge in [-0.25, -0.2) is 4.79 Å². The molecule has 1 aliphatic rings. The van der Waals surface area contributed by atoms with E-state index in [-0.39, 0.29) is 5.69 Å². The van der Waals surface area contributed by atoms with E-state index in [0.717, 1.165) is 12.1 Å². The molecule has 88 valence electrons. The number of rotatable bonds is 3. The van der Waals surface area contributed by atoms with Gasteiger partial charge < -0.3 is 5.11 Å². The third-order valence-corrected chi connectivity index (χ3v) is 3.37. The molecule has 1 N–H and O–H groups in total. The molecule has 1 saturated carbocycles. The van der Waals surface area contributed by atoms with Gasteiger partial charge in [-0.1, -0.05) is 32.1 Å². The Kier molecular flexibility index (Phi) is 3.27. The van der Waals surface area contributed by atoms with Crippen LogP contribution in [0.25, 0.3) is 0 Å². The first-order valence-corrected chi connectivity index (χ1v) is 5.93. The number of aryl methyl sites for hydroxylation is 1. The summed E-state index contributed by atoms with van der Waals surface area (Å²) in [5.41, 5.74) is 1.21. The molecule has 1 fully saturated rings. The van der Waals surface area contributed by atoms with Gasteiger partial charge >= 0.3 is 5.97 Å². The van der Waals surface area contributed by atoms with Crippen LogP contribution in [0.3, 0.4) is 0 Å². The minimum Gasteiger partial charge on any atom is -0.477 e. The molecule has 0 spiro atoms. The van der Waals surface area contributed by atoms with E-state index >= 15 is 0 Å². The van der Waals surface area contributed by atoms with Crippen LogP contribution in [-0.4, -0.2) is 20.9 Å². The normalized spacial score (nSPS) is 17.6. The average molecular weight is 222 g/mol. The van der Waals surface area contributed by atoms with E-state index in [0.29, 0.717) is 5.92 Å². The second-order valence-electron chi connectivity index (χ2n) is 4.66. The van der Waals surface area contributed by atoms with E-state index in [1.54, 1.807) is 13.1 Å². The first-order valence-electron chi connectivity index (χ1n) is 5.93. The molecule has 4 heteroatoms. The van der Waals surface area contributed by atoms with Crippen molar-refractivity contribution < 1.29 is 9.90 Å². The Balaban J connectivity index is 2.03. The number of carboxylic acids is 1. The van der Waals surface area contributed by atoms with Gasteiger partial charge in [0, 0.05) is 7.05 Å². The van der Waals surface area contributed by atoms with Crippen molar-refractivity contribution in [3.63, 3.8) is 0 Å². The van der Waals surface area contributed by atoms with E-state index in [4.69, 9.17) is 5.11 Å². The third kappa shape index (κ3) is 2.43. The summed E-state index contributed by atoms with van der Waals surface area (Å²) in [5.74, 6) is -0.199. The molecule has 0 aliphatic heterocycles. The minimum atomic E-state index is -0.898. The average Bonchev–Trinajstić information content (AvgIpc) is 2.61. The Labute approximate surface area is 95.3 Å². The predicted molar refractivity (Wildman–Crippen MR) is 60.4 cm³/mol. The van der Waals surface area contributed by atoms with Gasteiger partial charge in [0.2, 0.25) is 0 Å². The number of hydrogen-bond donors (Lipinski definition) is 1. The molecule has 0 radical (unpaired) electrons. The Morgan fingerprint density at radius 3 is 2.75 bits per heavy atom. The largest absolute Gasteiger partial charge is 0.477 e. The Morgan fingerprint density at radius 1 is 1.50 bits per heavy atom. The molecule has 0 bridgehead atoms. The Morgan fingerprint density at radius 2 is 2.19 bits per heavy atom. The van der Waals surface area contributed by atoms with Crippen LogP contribution in [-0.2, 0) is 13.5 Å². The van der Waals surface area contributed by atoms with Gasteiger partial charge in [0.05, 0.1) is 5.69 Å². The number of hydrogen-bond acceptors (Lipinski definition) is 2. The van der Waals surface area contributed by atoms with Gasteiger partial charge in [-0.2, -0.15) is 5.10 Å². The molecule has 0 aromatic carbocycles. The fourth-order valence-corrected chi connectivity index (χ4v) is 2.51. The van der Waals surface area contributed by atoms with Crippen molar-refractivity contribution in [2.24, 2.45) is 13.0 Å². The van der Waals surface area contributed by atoms with Gasteiger partial charge in [-0.3, -0.25) is 4.68 Å². The quantitative estimate of drug-likeness (QED) is 0.853. The molecular formula is C12H18N2O2. The summed E-state index contributed by atoms with van der Waals surface area (Å²) >= 11 is 0. The number of aromatic nitrogens is 2. The topological polar surface area (TPSA) is 55.1 Å². The van der Waals surface area contributed by atoms with Crippen LogP contribution in [0.15, 0.2) is 6.07 Å². The van der Waals surface area contributed by atoms with Crippen LogP contribution in [0.4, 0.5) is 0 Å². The second-order valence-corrected chi connectivity index (χ2v) is 4.66. The van der Waals surface area contributed by atoms with E-state index in [2.05, 4.69) is 5.10 Å². The highest BCUT2D eigenvalue weighted by atomic mass is 16.4. The van der Waals surface area contributed by atoms with Crippen molar-refractivity contribution in [1.82, 2.24) is 9.78 Å². The van der Waals surface area contributed by atoms with Crippen molar-refractivity contribution in [2.45, 2.75) is 38.5 Å². The SMILES string of the molecule is Cn1nc(CC2CCCCC2)cc1C(=O)O. The molecule has 0 unspecified atom stereocenters. The molecule has 1 aliphatic carbocycles. The van der Waals surface area contributed by atoms with Crippen molar-refractivity contribution in [3.8, 4) is 0 Å². The number of aromatic carboxylic acids is 1. The van der Waals surface area contributed by atoms with Gasteiger partial charge in [0.1, 0.15) is 5.69 Å². The zero-order chi connectivity index (χ0) is 11.5. The maximum Gasteiger partial charge on any atom is 0.354 e. The van der Waals surface area contributed by atoms with Crippen molar-refractivity contribution in [2.75, 3.05) is 0 Å². The summed E-state index contributed by atoms with van der Waals surface area (Å²) in [4.78, 5) is 10.9. The predicted octanol–water partition coefficient (Wildman–Crippen LogP) is 2.24. The monoisotopic (exact) mass is 222 g/mol. The lowest BCUT2D eigenvalue weighted by atomic mass is 9.86. The smallest absolute Gasteiger partial charge is 0.354 e. The molecule has 1 heterocycles. The fraction of sp³-hybridized carbons (Fsp3) is 0.667. The van der Waals surface area contributed by atoms with Crippen LogP contribution in [0, 0.1) is 5.92 Å². The summed E-state index contributed by atoms with van der Waals surface area (Å²) < 4.78 is 1.46. The highest BCUT2D eigenvalue weighted by Gasteiger charge is 2.17. The van der Waals surface area contributed by atoms with E-state index in [1.165, 1.54) is 36.8 Å². The first-order chi connectivity index (χ1) is 7.66. The first kappa shape index (κ1) is 11.2. The maximum absolute atomic E-state index is 10.9. The van der Waals surface area contributed by atoms with Crippen molar-refractivity contribution in [1.29, 1.82) is 0 Å². The highest BCUT2D eigenvalue weighted by molar-refractivity contribution is 5.85.